The van der Waals surface area contributed by atoms with Crippen LogP contribution in [-0.2, 0) is 11.2 Å². The number of hydrogen-bond donors (Lipinski definition) is 1. The molecule has 0 aliphatic rings. The second kappa shape index (κ2) is 9.08. The Kier molecular flexibility index (Phi) is 6.82. The summed E-state index contributed by atoms with van der Waals surface area (Å²) in [6.45, 7) is 3.64. The molecule has 0 aliphatic carbocycles. The average Bonchev–Trinajstić information content (AvgIpc) is 2.64. The van der Waals surface area contributed by atoms with Gasteiger partial charge in [-0.25, -0.2) is 0 Å². The molecule has 0 fully saturated rings. The molecule has 0 aromatic heterocycles. The Morgan fingerprint density at radius 3 is 2.54 bits per heavy atom. The molecule has 0 bridgehead atoms. The molecular formula is C20H26N2O2. The van der Waals surface area contributed by atoms with E-state index in [4.69, 9.17) is 10.5 Å². The Morgan fingerprint density at radius 2 is 1.88 bits per heavy atom. The molecule has 0 spiro atoms. The number of amides is 1. The summed E-state index contributed by atoms with van der Waals surface area (Å²) in [7, 11) is 1.63. The van der Waals surface area contributed by atoms with Gasteiger partial charge in [0.1, 0.15) is 5.75 Å². The van der Waals surface area contributed by atoms with Gasteiger partial charge in [-0.3, -0.25) is 4.79 Å². The summed E-state index contributed by atoms with van der Waals surface area (Å²) in [5.41, 5.74) is 7.89. The maximum absolute atomic E-state index is 12.9. The molecule has 24 heavy (non-hydrogen) atoms. The van der Waals surface area contributed by atoms with Crippen LogP contribution in [0, 0.1) is 0 Å². The van der Waals surface area contributed by atoms with Crippen LogP contribution in [0.4, 0.5) is 0 Å². The quantitative estimate of drug-likeness (QED) is 0.811. The minimum Gasteiger partial charge on any atom is -0.497 e. The fourth-order valence-electron chi connectivity index (χ4n) is 2.72. The van der Waals surface area contributed by atoms with E-state index in [-0.39, 0.29) is 11.8 Å². The molecule has 4 heteroatoms. The normalized spacial score (nSPS) is 11.8. The smallest absolute Gasteiger partial charge is 0.229 e. The number of methoxy groups -OCH3 is 1. The van der Waals surface area contributed by atoms with Crippen molar-refractivity contribution in [2.24, 2.45) is 5.73 Å². The largest absolute Gasteiger partial charge is 0.497 e. The van der Waals surface area contributed by atoms with Gasteiger partial charge in [-0.2, -0.15) is 0 Å². The standard InChI is InChI=1S/C20H26N2O2/c1-16(18-9-6-10-19(15-18)24-2)20(23)22(14-12-21)13-11-17-7-4-3-5-8-17/h3-10,15-16H,11-14,21H2,1-2H3. The van der Waals surface area contributed by atoms with E-state index in [1.807, 2.05) is 54.3 Å². The lowest BCUT2D eigenvalue weighted by Crippen LogP contribution is -2.39. The van der Waals surface area contributed by atoms with Gasteiger partial charge in [-0.1, -0.05) is 42.5 Å². The molecule has 1 atom stereocenters. The van der Waals surface area contributed by atoms with E-state index >= 15 is 0 Å². The van der Waals surface area contributed by atoms with E-state index in [0.717, 1.165) is 17.7 Å². The molecule has 0 radical (unpaired) electrons. The monoisotopic (exact) mass is 326 g/mol. The van der Waals surface area contributed by atoms with Crippen LogP contribution in [0.25, 0.3) is 0 Å². The first kappa shape index (κ1) is 18.0. The van der Waals surface area contributed by atoms with Crippen molar-refractivity contribution in [1.29, 1.82) is 0 Å². The third-order valence-corrected chi connectivity index (χ3v) is 4.19. The van der Waals surface area contributed by atoms with Crippen LogP contribution in [0.1, 0.15) is 24.0 Å². The van der Waals surface area contributed by atoms with E-state index in [1.54, 1.807) is 7.11 Å². The lowest BCUT2D eigenvalue weighted by molar-refractivity contribution is -0.132. The van der Waals surface area contributed by atoms with E-state index < -0.39 is 0 Å². The minimum absolute atomic E-state index is 0.102. The highest BCUT2D eigenvalue weighted by Gasteiger charge is 2.21. The Balaban J connectivity index is 2.06. The van der Waals surface area contributed by atoms with Crippen molar-refractivity contribution in [3.63, 3.8) is 0 Å². The molecule has 0 saturated heterocycles. The van der Waals surface area contributed by atoms with Crippen LogP contribution in [0.5, 0.6) is 5.75 Å². The molecular weight excluding hydrogens is 300 g/mol. The van der Waals surface area contributed by atoms with Gasteiger partial charge in [0.05, 0.1) is 13.0 Å². The second-order valence-electron chi connectivity index (χ2n) is 5.85. The SMILES string of the molecule is COc1cccc(C(C)C(=O)N(CCN)CCc2ccccc2)c1. The van der Waals surface area contributed by atoms with Crippen molar-refractivity contribution in [2.75, 3.05) is 26.7 Å². The number of rotatable bonds is 8. The fraction of sp³-hybridized carbons (Fsp3) is 0.350. The van der Waals surface area contributed by atoms with E-state index in [9.17, 15) is 4.79 Å². The highest BCUT2D eigenvalue weighted by molar-refractivity contribution is 5.83. The number of ether oxygens (including phenoxy) is 1. The van der Waals surface area contributed by atoms with Crippen LogP contribution < -0.4 is 10.5 Å². The van der Waals surface area contributed by atoms with Crippen LogP contribution >= 0.6 is 0 Å². The second-order valence-corrected chi connectivity index (χ2v) is 5.85. The number of carbonyl (C=O) groups excluding carboxylic acids is 1. The van der Waals surface area contributed by atoms with E-state index in [0.29, 0.717) is 19.6 Å². The van der Waals surface area contributed by atoms with Crippen LogP contribution in [0.15, 0.2) is 54.6 Å². The van der Waals surface area contributed by atoms with Crippen molar-refractivity contribution in [3.05, 3.63) is 65.7 Å². The fourth-order valence-corrected chi connectivity index (χ4v) is 2.72. The summed E-state index contributed by atoms with van der Waals surface area (Å²) in [4.78, 5) is 14.7. The zero-order chi connectivity index (χ0) is 17.4. The zero-order valence-electron chi connectivity index (χ0n) is 14.4. The van der Waals surface area contributed by atoms with E-state index in [2.05, 4.69) is 12.1 Å². The van der Waals surface area contributed by atoms with Crippen molar-refractivity contribution in [3.8, 4) is 5.75 Å². The molecule has 128 valence electrons. The van der Waals surface area contributed by atoms with Gasteiger partial charge in [0.25, 0.3) is 0 Å². The molecule has 1 amide bonds. The lowest BCUT2D eigenvalue weighted by atomic mass is 9.99. The van der Waals surface area contributed by atoms with Crippen molar-refractivity contribution in [2.45, 2.75) is 19.3 Å². The molecule has 2 aromatic rings. The van der Waals surface area contributed by atoms with Gasteiger partial charge < -0.3 is 15.4 Å². The first-order valence-electron chi connectivity index (χ1n) is 8.32. The Hall–Kier alpha value is -2.33. The van der Waals surface area contributed by atoms with Gasteiger partial charge in [-0.05, 0) is 36.6 Å². The molecule has 2 rings (SSSR count). The summed E-state index contributed by atoms with van der Waals surface area (Å²) < 4.78 is 5.25. The van der Waals surface area contributed by atoms with Gasteiger partial charge in [0.15, 0.2) is 0 Å². The van der Waals surface area contributed by atoms with Crippen molar-refractivity contribution < 1.29 is 9.53 Å². The molecule has 0 saturated carbocycles. The third-order valence-electron chi connectivity index (χ3n) is 4.19. The number of benzene rings is 2. The van der Waals surface area contributed by atoms with Crippen molar-refractivity contribution in [1.82, 2.24) is 4.90 Å². The molecule has 2 aromatic carbocycles. The average molecular weight is 326 g/mol. The molecule has 2 N–H and O–H groups in total. The molecule has 1 unspecified atom stereocenters. The third kappa shape index (κ3) is 4.83. The van der Waals surface area contributed by atoms with Gasteiger partial charge >= 0.3 is 0 Å². The Morgan fingerprint density at radius 1 is 1.12 bits per heavy atom. The Bertz CT molecular complexity index is 643. The topological polar surface area (TPSA) is 55.6 Å². The zero-order valence-corrected chi connectivity index (χ0v) is 14.4. The van der Waals surface area contributed by atoms with Gasteiger partial charge in [0.2, 0.25) is 5.91 Å². The lowest BCUT2D eigenvalue weighted by Gasteiger charge is -2.26. The molecule has 0 heterocycles. The van der Waals surface area contributed by atoms with Crippen LogP contribution in [0.3, 0.4) is 0 Å². The number of carbonyl (C=O) groups is 1. The van der Waals surface area contributed by atoms with Gasteiger partial charge in [-0.15, -0.1) is 0 Å². The summed E-state index contributed by atoms with van der Waals surface area (Å²) in [6.07, 6.45) is 0.831. The molecule has 0 aliphatic heterocycles. The van der Waals surface area contributed by atoms with E-state index in [1.165, 1.54) is 5.56 Å². The summed E-state index contributed by atoms with van der Waals surface area (Å²) >= 11 is 0. The first-order valence-corrected chi connectivity index (χ1v) is 8.32. The summed E-state index contributed by atoms with van der Waals surface area (Å²) in [5.74, 6) is 0.647. The highest BCUT2D eigenvalue weighted by Crippen LogP contribution is 2.22. The first-order chi connectivity index (χ1) is 11.7. The highest BCUT2D eigenvalue weighted by atomic mass is 16.5. The minimum atomic E-state index is -0.220. The Labute approximate surface area is 144 Å². The van der Waals surface area contributed by atoms with Crippen molar-refractivity contribution >= 4 is 5.91 Å². The predicted molar refractivity (Wildman–Crippen MR) is 97.2 cm³/mol. The maximum Gasteiger partial charge on any atom is 0.229 e. The summed E-state index contributed by atoms with van der Waals surface area (Å²) in [6, 6.07) is 17.9. The van der Waals surface area contributed by atoms with Crippen LogP contribution in [-0.4, -0.2) is 37.6 Å². The molecule has 4 nitrogen and oxygen atoms in total. The maximum atomic E-state index is 12.9. The predicted octanol–water partition coefficient (Wildman–Crippen LogP) is 2.83. The number of nitrogens with zero attached hydrogens (tertiary/aromatic N) is 1. The van der Waals surface area contributed by atoms with Crippen LogP contribution in [0.2, 0.25) is 0 Å². The number of hydrogen-bond acceptors (Lipinski definition) is 3. The summed E-state index contributed by atoms with van der Waals surface area (Å²) in [5, 5.41) is 0. The van der Waals surface area contributed by atoms with Gasteiger partial charge in [0, 0.05) is 19.6 Å². The number of nitrogens with two attached hydrogens (primary N) is 1.